The summed E-state index contributed by atoms with van der Waals surface area (Å²) in [6, 6.07) is 7.43. The number of aliphatic hydroxyl groups is 1. The van der Waals surface area contributed by atoms with Gasteiger partial charge in [0.1, 0.15) is 0 Å². The molecule has 18 heavy (non-hydrogen) atoms. The molecular weight excluding hydrogens is 250 g/mol. The lowest BCUT2D eigenvalue weighted by molar-refractivity contribution is 0.306. The zero-order valence-corrected chi connectivity index (χ0v) is 11.9. The highest BCUT2D eigenvalue weighted by molar-refractivity contribution is 7.92. The lowest BCUT2D eigenvalue weighted by Gasteiger charge is -2.26. The molecule has 1 rings (SSSR count). The summed E-state index contributed by atoms with van der Waals surface area (Å²) in [6.45, 7) is 5.56. The third-order valence-electron chi connectivity index (χ3n) is 2.83. The molecule has 0 aliphatic heterocycles. The molecule has 0 unspecified atom stereocenters. The molecule has 0 radical (unpaired) electrons. The quantitative estimate of drug-likeness (QED) is 0.860. The molecule has 4 nitrogen and oxygen atoms in total. The van der Waals surface area contributed by atoms with E-state index < -0.39 is 10.0 Å². The number of hydrogen-bond acceptors (Lipinski definition) is 3. The van der Waals surface area contributed by atoms with Gasteiger partial charge >= 0.3 is 0 Å². The van der Waals surface area contributed by atoms with Crippen molar-refractivity contribution in [2.45, 2.75) is 26.7 Å². The van der Waals surface area contributed by atoms with E-state index in [4.69, 9.17) is 5.11 Å². The molecule has 1 aromatic rings. The number of nitrogens with zero attached hydrogens (tertiary/aromatic N) is 1. The van der Waals surface area contributed by atoms with Crippen LogP contribution in [-0.4, -0.2) is 32.4 Å². The molecule has 5 heteroatoms. The first-order valence-electron chi connectivity index (χ1n) is 6.14. The highest BCUT2D eigenvalue weighted by atomic mass is 32.2. The largest absolute Gasteiger partial charge is 0.394 e. The summed E-state index contributed by atoms with van der Waals surface area (Å²) in [5.74, 6) is 0.258. The second kappa shape index (κ2) is 6.20. The van der Waals surface area contributed by atoms with Crippen LogP contribution in [-0.2, 0) is 10.0 Å². The van der Waals surface area contributed by atoms with Crippen molar-refractivity contribution < 1.29 is 13.5 Å². The Labute approximate surface area is 109 Å². The zero-order chi connectivity index (χ0) is 13.8. The fourth-order valence-electron chi connectivity index (χ4n) is 1.86. The maximum Gasteiger partial charge on any atom is 0.234 e. The summed E-state index contributed by atoms with van der Waals surface area (Å²) in [5.41, 5.74) is 1.64. The minimum absolute atomic E-state index is 0.0272. The summed E-state index contributed by atoms with van der Waals surface area (Å²) >= 11 is 0. The van der Waals surface area contributed by atoms with Gasteiger partial charge in [0.05, 0.1) is 24.6 Å². The molecule has 0 heterocycles. The van der Waals surface area contributed by atoms with E-state index in [9.17, 15) is 8.42 Å². The summed E-state index contributed by atoms with van der Waals surface area (Å²) in [7, 11) is -3.36. The van der Waals surface area contributed by atoms with Crippen molar-refractivity contribution in [1.29, 1.82) is 0 Å². The zero-order valence-electron chi connectivity index (χ0n) is 11.1. The van der Waals surface area contributed by atoms with Crippen molar-refractivity contribution >= 4 is 15.7 Å². The van der Waals surface area contributed by atoms with Gasteiger partial charge in [0.2, 0.25) is 10.0 Å². The lowest BCUT2D eigenvalue weighted by atomic mass is 10.0. The SMILES string of the molecule is CCS(=O)(=O)N(CCO)c1ccccc1C(C)C. The van der Waals surface area contributed by atoms with Gasteiger partial charge in [0, 0.05) is 0 Å². The van der Waals surface area contributed by atoms with Gasteiger partial charge in [-0.1, -0.05) is 32.0 Å². The van der Waals surface area contributed by atoms with Crippen LogP contribution in [0.3, 0.4) is 0 Å². The van der Waals surface area contributed by atoms with Crippen molar-refractivity contribution in [3.8, 4) is 0 Å². The first kappa shape index (κ1) is 15.0. The van der Waals surface area contributed by atoms with Crippen molar-refractivity contribution in [3.05, 3.63) is 29.8 Å². The monoisotopic (exact) mass is 271 g/mol. The topological polar surface area (TPSA) is 57.6 Å². The van der Waals surface area contributed by atoms with Gasteiger partial charge in [-0.25, -0.2) is 8.42 Å². The predicted octanol–water partition coefficient (Wildman–Crippen LogP) is 1.96. The Hall–Kier alpha value is -1.07. The smallest absolute Gasteiger partial charge is 0.234 e. The number of anilines is 1. The summed E-state index contributed by atoms with van der Waals surface area (Å²) < 4.78 is 25.5. The van der Waals surface area contributed by atoms with Crippen molar-refractivity contribution in [2.24, 2.45) is 0 Å². The van der Waals surface area contributed by atoms with Crippen LogP contribution in [0.15, 0.2) is 24.3 Å². The maximum atomic E-state index is 12.1. The molecule has 1 aromatic carbocycles. The van der Waals surface area contributed by atoms with Crippen LogP contribution >= 0.6 is 0 Å². The summed E-state index contributed by atoms with van der Waals surface area (Å²) in [5, 5.41) is 9.08. The number of benzene rings is 1. The van der Waals surface area contributed by atoms with E-state index >= 15 is 0 Å². The van der Waals surface area contributed by atoms with E-state index in [0.717, 1.165) is 5.56 Å². The van der Waals surface area contributed by atoms with Gasteiger partial charge in [0.25, 0.3) is 0 Å². The third-order valence-corrected chi connectivity index (χ3v) is 4.61. The van der Waals surface area contributed by atoms with Crippen molar-refractivity contribution in [1.82, 2.24) is 0 Å². The lowest BCUT2D eigenvalue weighted by Crippen LogP contribution is -2.35. The van der Waals surface area contributed by atoms with Crippen LogP contribution in [0, 0.1) is 0 Å². The molecule has 0 aliphatic rings. The highest BCUT2D eigenvalue weighted by Gasteiger charge is 2.22. The molecule has 1 N–H and O–H groups in total. The Balaban J connectivity index is 3.30. The Morgan fingerprint density at radius 2 is 1.89 bits per heavy atom. The van der Waals surface area contributed by atoms with E-state index in [0.29, 0.717) is 5.69 Å². The minimum Gasteiger partial charge on any atom is -0.394 e. The molecule has 0 spiro atoms. The van der Waals surface area contributed by atoms with Crippen molar-refractivity contribution in [2.75, 3.05) is 23.2 Å². The van der Waals surface area contributed by atoms with E-state index in [1.54, 1.807) is 13.0 Å². The molecule has 0 fully saturated rings. The van der Waals surface area contributed by atoms with Crippen LogP contribution in [0.2, 0.25) is 0 Å². The number of hydrogen-bond donors (Lipinski definition) is 1. The van der Waals surface area contributed by atoms with Crippen LogP contribution in [0.5, 0.6) is 0 Å². The van der Waals surface area contributed by atoms with E-state index in [1.807, 2.05) is 32.0 Å². The molecule has 0 aliphatic carbocycles. The van der Waals surface area contributed by atoms with Crippen LogP contribution in [0.25, 0.3) is 0 Å². The molecule has 0 bridgehead atoms. The molecule has 0 aromatic heterocycles. The van der Waals surface area contributed by atoms with E-state index in [2.05, 4.69) is 0 Å². The summed E-state index contributed by atoms with van der Waals surface area (Å²) in [6.07, 6.45) is 0. The van der Waals surface area contributed by atoms with Crippen LogP contribution < -0.4 is 4.31 Å². The van der Waals surface area contributed by atoms with Gasteiger partial charge in [-0.3, -0.25) is 4.31 Å². The number of aliphatic hydroxyl groups excluding tert-OH is 1. The molecule has 0 saturated heterocycles. The molecular formula is C13H21NO3S. The third kappa shape index (κ3) is 3.23. The normalized spacial score (nSPS) is 11.8. The molecule has 0 amide bonds. The second-order valence-electron chi connectivity index (χ2n) is 4.41. The van der Waals surface area contributed by atoms with E-state index in [1.165, 1.54) is 4.31 Å². The first-order chi connectivity index (χ1) is 8.44. The average molecular weight is 271 g/mol. The Morgan fingerprint density at radius 3 is 2.39 bits per heavy atom. The fraction of sp³-hybridized carbons (Fsp3) is 0.538. The predicted molar refractivity (Wildman–Crippen MR) is 74.4 cm³/mol. The number of sulfonamides is 1. The number of rotatable bonds is 6. The Bertz CT molecular complexity index is 483. The van der Waals surface area contributed by atoms with Gasteiger partial charge in [0.15, 0.2) is 0 Å². The van der Waals surface area contributed by atoms with Crippen LogP contribution in [0.1, 0.15) is 32.3 Å². The maximum absolute atomic E-state index is 12.1. The van der Waals surface area contributed by atoms with Crippen LogP contribution in [0.4, 0.5) is 5.69 Å². The van der Waals surface area contributed by atoms with Gasteiger partial charge in [-0.2, -0.15) is 0 Å². The minimum atomic E-state index is -3.36. The molecule has 102 valence electrons. The Morgan fingerprint density at radius 1 is 1.28 bits per heavy atom. The number of para-hydroxylation sites is 1. The highest BCUT2D eigenvalue weighted by Crippen LogP contribution is 2.29. The van der Waals surface area contributed by atoms with Gasteiger partial charge < -0.3 is 5.11 Å². The molecule has 0 saturated carbocycles. The standard InChI is InChI=1S/C13H21NO3S/c1-4-18(16,17)14(9-10-15)13-8-6-5-7-12(13)11(2)3/h5-8,11,15H,4,9-10H2,1-3H3. The van der Waals surface area contributed by atoms with Gasteiger partial charge in [-0.05, 0) is 24.5 Å². The first-order valence-corrected chi connectivity index (χ1v) is 7.75. The fourth-order valence-corrected chi connectivity index (χ4v) is 3.00. The average Bonchev–Trinajstić information content (AvgIpc) is 2.35. The Kier molecular flexibility index (Phi) is 5.16. The van der Waals surface area contributed by atoms with Crippen molar-refractivity contribution in [3.63, 3.8) is 0 Å². The van der Waals surface area contributed by atoms with Gasteiger partial charge in [-0.15, -0.1) is 0 Å². The molecule has 0 atom stereocenters. The van der Waals surface area contributed by atoms with E-state index in [-0.39, 0.29) is 24.8 Å². The summed E-state index contributed by atoms with van der Waals surface area (Å²) in [4.78, 5) is 0. The second-order valence-corrected chi connectivity index (χ2v) is 6.59.